The Labute approximate surface area is 218 Å². The summed E-state index contributed by atoms with van der Waals surface area (Å²) in [4.78, 5) is 9.11. The number of piperazine rings is 1. The summed E-state index contributed by atoms with van der Waals surface area (Å²) in [6.45, 7) is 6.46. The minimum atomic E-state index is -2.34. The first-order valence-corrected chi connectivity index (χ1v) is 13.3. The third-order valence-electron chi connectivity index (χ3n) is 6.46. The van der Waals surface area contributed by atoms with Crippen molar-refractivity contribution in [2.24, 2.45) is 0 Å². The van der Waals surface area contributed by atoms with E-state index in [4.69, 9.17) is 5.10 Å². The van der Waals surface area contributed by atoms with Gasteiger partial charge in [-0.05, 0) is 48.9 Å². The van der Waals surface area contributed by atoms with Crippen molar-refractivity contribution in [1.82, 2.24) is 24.2 Å². The van der Waals surface area contributed by atoms with Crippen LogP contribution in [0.5, 0.6) is 0 Å². The molecule has 0 amide bonds. The van der Waals surface area contributed by atoms with E-state index >= 15 is 0 Å². The molecule has 4 aromatic rings. The van der Waals surface area contributed by atoms with E-state index in [2.05, 4.69) is 37.0 Å². The van der Waals surface area contributed by atoms with Gasteiger partial charge in [-0.25, -0.2) is 14.2 Å². The number of hydrogen-bond donors (Lipinski definition) is 3. The lowest BCUT2D eigenvalue weighted by Crippen LogP contribution is -2.48. The SMILES string of the molecule is C[C@H](O)CN1CCN(c2ccc(Nc3ncc4ccc(-c5ccccc5CNS(=O)[O-])n4n3)cc2)CC1. The smallest absolute Gasteiger partial charge is 0.245 e. The number of rotatable bonds is 9. The Bertz CT molecular complexity index is 1370. The number of nitrogens with zero attached hydrogens (tertiary/aromatic N) is 5. The van der Waals surface area contributed by atoms with Crippen LogP contribution in [0.15, 0.2) is 66.9 Å². The lowest BCUT2D eigenvalue weighted by atomic mass is 10.1. The molecule has 1 unspecified atom stereocenters. The molecule has 1 fully saturated rings. The largest absolute Gasteiger partial charge is 0.760 e. The van der Waals surface area contributed by atoms with Crippen LogP contribution >= 0.6 is 0 Å². The molecular formula is C26H30N7O3S-. The first-order chi connectivity index (χ1) is 18.0. The summed E-state index contributed by atoms with van der Waals surface area (Å²) >= 11 is -2.34. The maximum absolute atomic E-state index is 11.0. The van der Waals surface area contributed by atoms with Gasteiger partial charge >= 0.3 is 0 Å². The number of aliphatic hydroxyl groups excluding tert-OH is 1. The normalized spacial score (nSPS) is 16.1. The zero-order chi connectivity index (χ0) is 25.8. The fraction of sp³-hybridized carbons (Fsp3) is 0.308. The van der Waals surface area contributed by atoms with Crippen molar-refractivity contribution in [2.75, 3.05) is 42.9 Å². The van der Waals surface area contributed by atoms with Crippen LogP contribution in [0.1, 0.15) is 12.5 Å². The van der Waals surface area contributed by atoms with E-state index in [1.54, 1.807) is 6.20 Å². The molecule has 0 radical (unpaired) electrons. The number of benzene rings is 2. The summed E-state index contributed by atoms with van der Waals surface area (Å²) < 4.78 is 26.3. The monoisotopic (exact) mass is 520 g/mol. The molecule has 11 heteroatoms. The fourth-order valence-corrected chi connectivity index (χ4v) is 4.94. The second-order valence-electron chi connectivity index (χ2n) is 9.16. The summed E-state index contributed by atoms with van der Waals surface area (Å²) in [5.41, 5.74) is 5.47. The molecule has 1 aliphatic heterocycles. The maximum Gasteiger partial charge on any atom is 0.245 e. The minimum absolute atomic E-state index is 0.192. The zero-order valence-electron chi connectivity index (χ0n) is 20.6. The summed E-state index contributed by atoms with van der Waals surface area (Å²) in [6, 6.07) is 19.8. The van der Waals surface area contributed by atoms with E-state index in [0.29, 0.717) is 12.5 Å². The molecular weight excluding hydrogens is 490 g/mol. The Morgan fingerprint density at radius 3 is 2.54 bits per heavy atom. The molecule has 5 rings (SSSR count). The maximum atomic E-state index is 11.0. The summed E-state index contributed by atoms with van der Waals surface area (Å²) in [7, 11) is 0. The molecule has 194 valence electrons. The summed E-state index contributed by atoms with van der Waals surface area (Å²) in [5.74, 6) is 0.459. The first-order valence-electron chi connectivity index (χ1n) is 12.2. The number of hydrogen-bond acceptors (Lipinski definition) is 8. The average Bonchev–Trinajstić information content (AvgIpc) is 3.31. The summed E-state index contributed by atoms with van der Waals surface area (Å²) in [5, 5.41) is 17.6. The topological polar surface area (TPSA) is 121 Å². The van der Waals surface area contributed by atoms with E-state index in [-0.39, 0.29) is 12.6 Å². The minimum Gasteiger partial charge on any atom is -0.760 e. The van der Waals surface area contributed by atoms with Crippen molar-refractivity contribution >= 4 is 34.1 Å². The Kier molecular flexibility index (Phi) is 7.77. The van der Waals surface area contributed by atoms with Gasteiger partial charge in [-0.2, -0.15) is 0 Å². The average molecular weight is 521 g/mol. The molecule has 0 bridgehead atoms. The zero-order valence-corrected chi connectivity index (χ0v) is 21.4. The molecule has 1 aliphatic rings. The van der Waals surface area contributed by atoms with Crippen LogP contribution in [0.4, 0.5) is 17.3 Å². The third-order valence-corrected chi connectivity index (χ3v) is 6.84. The van der Waals surface area contributed by atoms with Gasteiger partial charge in [0, 0.05) is 67.5 Å². The van der Waals surface area contributed by atoms with Crippen LogP contribution in [0.2, 0.25) is 0 Å². The van der Waals surface area contributed by atoms with Gasteiger partial charge in [0.2, 0.25) is 5.95 Å². The predicted molar refractivity (Wildman–Crippen MR) is 144 cm³/mol. The predicted octanol–water partition coefficient (Wildman–Crippen LogP) is 2.53. The van der Waals surface area contributed by atoms with Crippen LogP contribution in [-0.2, 0) is 17.8 Å². The van der Waals surface area contributed by atoms with Crippen molar-refractivity contribution in [1.29, 1.82) is 0 Å². The lowest BCUT2D eigenvalue weighted by Gasteiger charge is -2.36. The molecule has 2 aromatic carbocycles. The first kappa shape index (κ1) is 25.3. The van der Waals surface area contributed by atoms with Gasteiger partial charge < -0.3 is 19.9 Å². The van der Waals surface area contributed by atoms with E-state index in [0.717, 1.165) is 59.9 Å². The third kappa shape index (κ3) is 6.14. The van der Waals surface area contributed by atoms with Gasteiger partial charge in [0.1, 0.15) is 0 Å². The Balaban J connectivity index is 1.30. The second kappa shape index (κ2) is 11.4. The number of fused-ring (bicyclic) bond motifs is 1. The molecule has 0 saturated carbocycles. The second-order valence-corrected chi connectivity index (χ2v) is 9.92. The van der Waals surface area contributed by atoms with Gasteiger partial charge in [0.15, 0.2) is 0 Å². The molecule has 3 N–H and O–H groups in total. The van der Waals surface area contributed by atoms with Crippen LogP contribution in [0.25, 0.3) is 16.8 Å². The highest BCUT2D eigenvalue weighted by molar-refractivity contribution is 7.77. The standard InChI is InChI=1S/C26H31N7O3S/c1-19(34)18-31-12-14-32(15-13-31)22-8-6-21(7-9-22)29-26-27-17-23-10-11-25(33(23)30-26)24-5-3-2-4-20(24)16-28-37(35)36/h2-11,17,19,28,34H,12-16,18H2,1H3,(H,29,30)(H,35,36)/p-1/t19-/m0/s1. The molecule has 1 saturated heterocycles. The van der Waals surface area contributed by atoms with Gasteiger partial charge in [0.05, 0.1) is 23.5 Å². The highest BCUT2D eigenvalue weighted by atomic mass is 32.2. The molecule has 0 spiro atoms. The number of β-amino-alcohol motifs (C(OH)–C–C–N with tert-alkyl or cyclic N) is 1. The van der Waals surface area contributed by atoms with Gasteiger partial charge in [-0.15, -0.1) is 5.10 Å². The summed E-state index contributed by atoms with van der Waals surface area (Å²) in [6.07, 6.45) is 1.46. The number of anilines is 3. The molecule has 10 nitrogen and oxygen atoms in total. The van der Waals surface area contributed by atoms with Crippen molar-refractivity contribution in [2.45, 2.75) is 19.6 Å². The van der Waals surface area contributed by atoms with E-state index in [9.17, 15) is 13.9 Å². The molecule has 37 heavy (non-hydrogen) atoms. The van der Waals surface area contributed by atoms with E-state index < -0.39 is 11.3 Å². The quantitative estimate of drug-likeness (QED) is 0.288. The van der Waals surface area contributed by atoms with Gasteiger partial charge in [-0.3, -0.25) is 9.11 Å². The van der Waals surface area contributed by atoms with Crippen LogP contribution in [-0.4, -0.2) is 72.2 Å². The Morgan fingerprint density at radius 2 is 1.81 bits per heavy atom. The van der Waals surface area contributed by atoms with Crippen molar-refractivity contribution in [3.63, 3.8) is 0 Å². The van der Waals surface area contributed by atoms with Crippen molar-refractivity contribution in [3.8, 4) is 11.3 Å². The fourth-order valence-electron chi connectivity index (χ4n) is 4.67. The highest BCUT2D eigenvalue weighted by Crippen LogP contribution is 2.27. The van der Waals surface area contributed by atoms with Crippen LogP contribution < -0.4 is 14.9 Å². The van der Waals surface area contributed by atoms with E-state index in [1.165, 1.54) is 0 Å². The molecule has 2 aromatic heterocycles. The van der Waals surface area contributed by atoms with E-state index in [1.807, 2.05) is 60.0 Å². The molecule has 3 heterocycles. The van der Waals surface area contributed by atoms with Gasteiger partial charge in [-0.1, -0.05) is 24.3 Å². The molecule has 2 atom stereocenters. The van der Waals surface area contributed by atoms with Crippen molar-refractivity contribution < 1.29 is 13.9 Å². The van der Waals surface area contributed by atoms with Crippen LogP contribution in [0.3, 0.4) is 0 Å². The number of aliphatic hydroxyl groups is 1. The lowest BCUT2D eigenvalue weighted by molar-refractivity contribution is 0.123. The Hall–Kier alpha value is -3.35. The number of nitrogens with one attached hydrogen (secondary N) is 2. The van der Waals surface area contributed by atoms with Gasteiger partial charge in [0.25, 0.3) is 0 Å². The number of aromatic nitrogens is 3. The van der Waals surface area contributed by atoms with Crippen molar-refractivity contribution in [3.05, 3.63) is 72.4 Å². The highest BCUT2D eigenvalue weighted by Gasteiger charge is 2.18. The van der Waals surface area contributed by atoms with Crippen LogP contribution in [0, 0.1) is 0 Å². The molecule has 0 aliphatic carbocycles. The Morgan fingerprint density at radius 1 is 1.05 bits per heavy atom.